The average molecular weight is 349 g/mol. The van der Waals surface area contributed by atoms with Crippen LogP contribution in [0.5, 0.6) is 0 Å². The second-order valence-corrected chi connectivity index (χ2v) is 5.76. The van der Waals surface area contributed by atoms with E-state index in [1.54, 1.807) is 6.26 Å². The molecule has 3 aromatic rings. The Morgan fingerprint density at radius 3 is 2.58 bits per heavy atom. The Hall–Kier alpha value is -2.24. The molecule has 24 heavy (non-hydrogen) atoms. The van der Waals surface area contributed by atoms with Gasteiger partial charge in [0.25, 0.3) is 5.91 Å². The van der Waals surface area contributed by atoms with Gasteiger partial charge in [0.15, 0.2) is 5.76 Å². The second-order valence-electron chi connectivity index (χ2n) is 5.76. The van der Waals surface area contributed by atoms with Crippen LogP contribution in [-0.2, 0) is 0 Å². The first-order chi connectivity index (χ1) is 11.1. The van der Waals surface area contributed by atoms with E-state index in [0.29, 0.717) is 12.3 Å². The summed E-state index contributed by atoms with van der Waals surface area (Å²) >= 11 is 0. The number of nitrogens with one attached hydrogen (secondary N) is 1. The number of halogens is 1. The molecule has 5 nitrogen and oxygen atoms in total. The number of carbonyl (C=O) groups excluding carboxylic acids is 1. The van der Waals surface area contributed by atoms with Gasteiger partial charge in [0.05, 0.1) is 12.3 Å². The van der Waals surface area contributed by atoms with Crippen molar-refractivity contribution in [2.24, 2.45) is 0 Å². The van der Waals surface area contributed by atoms with Crippen LogP contribution in [-0.4, -0.2) is 31.4 Å². The van der Waals surface area contributed by atoms with Gasteiger partial charge >= 0.3 is 0 Å². The van der Waals surface area contributed by atoms with Crippen LogP contribution in [0, 0.1) is 6.92 Å². The molecule has 0 aliphatic carbocycles. The van der Waals surface area contributed by atoms with Gasteiger partial charge in [0.1, 0.15) is 11.3 Å². The van der Waals surface area contributed by atoms with Crippen LogP contribution in [0.2, 0.25) is 0 Å². The maximum atomic E-state index is 12.5. The number of nitrogens with zero attached hydrogens (tertiary/aromatic N) is 1. The molecule has 1 N–H and O–H groups in total. The zero-order valence-electron chi connectivity index (χ0n) is 13.9. The fraction of sp³-hybridized carbons (Fsp3) is 0.278. The third-order valence-electron chi connectivity index (χ3n) is 4.00. The number of benzene rings is 1. The third-order valence-corrected chi connectivity index (χ3v) is 4.00. The van der Waals surface area contributed by atoms with Crippen LogP contribution in [0.1, 0.15) is 27.9 Å². The summed E-state index contributed by atoms with van der Waals surface area (Å²) in [6.07, 6.45) is 1.64. The Labute approximate surface area is 147 Å². The quantitative estimate of drug-likeness (QED) is 0.762. The van der Waals surface area contributed by atoms with E-state index < -0.39 is 0 Å². The van der Waals surface area contributed by atoms with Gasteiger partial charge in [-0.15, -0.1) is 12.4 Å². The molecule has 0 bridgehead atoms. The smallest absolute Gasteiger partial charge is 0.287 e. The van der Waals surface area contributed by atoms with Crippen LogP contribution in [0.15, 0.2) is 51.5 Å². The zero-order chi connectivity index (χ0) is 16.4. The van der Waals surface area contributed by atoms with E-state index in [-0.39, 0.29) is 24.4 Å². The summed E-state index contributed by atoms with van der Waals surface area (Å²) in [7, 11) is 3.90. The number of hydrogen-bond donors (Lipinski definition) is 1. The van der Waals surface area contributed by atoms with Gasteiger partial charge < -0.3 is 14.2 Å². The summed E-state index contributed by atoms with van der Waals surface area (Å²) < 4.78 is 11.1. The molecule has 0 saturated carbocycles. The largest absolute Gasteiger partial charge is 0.468 e. The first-order valence-corrected chi connectivity index (χ1v) is 7.54. The summed E-state index contributed by atoms with van der Waals surface area (Å²) in [5.41, 5.74) is 1.59. The number of fused-ring (bicyclic) bond motifs is 1. The number of furan rings is 2. The Morgan fingerprint density at radius 2 is 1.96 bits per heavy atom. The van der Waals surface area contributed by atoms with Crippen molar-refractivity contribution in [3.05, 3.63) is 59.7 Å². The molecule has 6 heteroatoms. The molecular formula is C18H21ClN2O3. The summed E-state index contributed by atoms with van der Waals surface area (Å²) in [6, 6.07) is 11.4. The Balaban J connectivity index is 0.00000208. The van der Waals surface area contributed by atoms with Crippen molar-refractivity contribution in [2.45, 2.75) is 13.0 Å². The number of aryl methyl sites for hydroxylation is 1. The van der Waals surface area contributed by atoms with Crippen LogP contribution in [0.25, 0.3) is 11.0 Å². The number of likely N-dealkylation sites (N-methyl/N-ethyl adjacent to an activating group) is 1. The molecule has 2 heterocycles. The van der Waals surface area contributed by atoms with E-state index >= 15 is 0 Å². The average Bonchev–Trinajstić information content (AvgIpc) is 3.16. The van der Waals surface area contributed by atoms with Gasteiger partial charge in [0.2, 0.25) is 0 Å². The Bertz CT molecular complexity index is 809. The van der Waals surface area contributed by atoms with E-state index in [0.717, 1.165) is 22.3 Å². The van der Waals surface area contributed by atoms with Crippen molar-refractivity contribution in [1.82, 2.24) is 10.2 Å². The van der Waals surface area contributed by atoms with E-state index in [4.69, 9.17) is 8.83 Å². The van der Waals surface area contributed by atoms with Gasteiger partial charge in [-0.2, -0.15) is 0 Å². The highest BCUT2D eigenvalue weighted by Gasteiger charge is 2.21. The monoisotopic (exact) mass is 348 g/mol. The lowest BCUT2D eigenvalue weighted by molar-refractivity contribution is 0.0912. The summed E-state index contributed by atoms with van der Waals surface area (Å²) in [6.45, 7) is 2.34. The predicted molar refractivity (Wildman–Crippen MR) is 95.7 cm³/mol. The normalized spacial score (nSPS) is 12.2. The van der Waals surface area contributed by atoms with Gasteiger partial charge in [-0.25, -0.2) is 0 Å². The molecule has 0 spiro atoms. The standard InChI is InChI=1S/C18H20N2O3.ClH/c1-12-13-7-4-5-8-15(13)23-17(12)18(21)19-11-14(20(2)3)16-9-6-10-22-16;/h4-10,14H,11H2,1-3H3,(H,19,21);1H. The minimum Gasteiger partial charge on any atom is -0.468 e. The maximum absolute atomic E-state index is 12.5. The molecule has 0 radical (unpaired) electrons. The summed E-state index contributed by atoms with van der Waals surface area (Å²) in [5.74, 6) is 0.969. The van der Waals surface area contributed by atoms with Gasteiger partial charge in [0, 0.05) is 17.5 Å². The summed E-state index contributed by atoms with van der Waals surface area (Å²) in [4.78, 5) is 14.5. The fourth-order valence-electron chi connectivity index (χ4n) is 2.68. The highest BCUT2D eigenvalue weighted by molar-refractivity contribution is 5.98. The number of amides is 1. The van der Waals surface area contributed by atoms with Crippen molar-refractivity contribution in [2.75, 3.05) is 20.6 Å². The minimum atomic E-state index is -0.211. The highest BCUT2D eigenvalue weighted by Crippen LogP contribution is 2.25. The Morgan fingerprint density at radius 1 is 1.21 bits per heavy atom. The first-order valence-electron chi connectivity index (χ1n) is 7.54. The van der Waals surface area contributed by atoms with E-state index in [2.05, 4.69) is 5.32 Å². The molecule has 2 aromatic heterocycles. The van der Waals surface area contributed by atoms with Crippen LogP contribution in [0.4, 0.5) is 0 Å². The van der Waals surface area contributed by atoms with Crippen molar-refractivity contribution in [3.8, 4) is 0 Å². The second kappa shape index (κ2) is 7.55. The van der Waals surface area contributed by atoms with Crippen molar-refractivity contribution in [1.29, 1.82) is 0 Å². The molecule has 1 atom stereocenters. The highest BCUT2D eigenvalue weighted by atomic mass is 35.5. The number of hydrogen-bond acceptors (Lipinski definition) is 4. The molecule has 0 fully saturated rings. The van der Waals surface area contributed by atoms with Gasteiger partial charge in [-0.3, -0.25) is 9.69 Å². The minimum absolute atomic E-state index is 0. The van der Waals surface area contributed by atoms with E-state index in [9.17, 15) is 4.79 Å². The molecule has 0 aliphatic rings. The van der Waals surface area contributed by atoms with Gasteiger partial charge in [-0.1, -0.05) is 18.2 Å². The van der Waals surface area contributed by atoms with Crippen molar-refractivity contribution in [3.63, 3.8) is 0 Å². The maximum Gasteiger partial charge on any atom is 0.287 e. The van der Waals surface area contributed by atoms with Crippen molar-refractivity contribution >= 4 is 29.3 Å². The molecule has 3 rings (SSSR count). The SMILES string of the molecule is Cc1c(C(=O)NCC(c2ccco2)N(C)C)oc2ccccc12.Cl. The van der Waals surface area contributed by atoms with Gasteiger partial charge in [-0.05, 0) is 39.2 Å². The molecule has 0 saturated heterocycles. The van der Waals surface area contributed by atoms with E-state index in [1.165, 1.54) is 0 Å². The van der Waals surface area contributed by atoms with Crippen LogP contribution in [0.3, 0.4) is 0 Å². The lowest BCUT2D eigenvalue weighted by atomic mass is 10.1. The van der Waals surface area contributed by atoms with Crippen LogP contribution < -0.4 is 5.32 Å². The number of rotatable bonds is 5. The third kappa shape index (κ3) is 3.47. The summed E-state index contributed by atoms with van der Waals surface area (Å²) in [5, 5.41) is 3.90. The first kappa shape index (κ1) is 18.1. The zero-order valence-corrected chi connectivity index (χ0v) is 14.7. The van der Waals surface area contributed by atoms with Crippen molar-refractivity contribution < 1.29 is 13.6 Å². The molecule has 1 aromatic carbocycles. The fourth-order valence-corrected chi connectivity index (χ4v) is 2.68. The predicted octanol–water partition coefficient (Wildman–Crippen LogP) is 3.79. The molecule has 1 amide bonds. The lowest BCUT2D eigenvalue weighted by Crippen LogP contribution is -2.34. The lowest BCUT2D eigenvalue weighted by Gasteiger charge is -2.22. The van der Waals surface area contributed by atoms with E-state index in [1.807, 2.05) is 62.3 Å². The number of para-hydroxylation sites is 1. The Kier molecular flexibility index (Phi) is 5.70. The topological polar surface area (TPSA) is 58.6 Å². The van der Waals surface area contributed by atoms with Crippen LogP contribution >= 0.6 is 12.4 Å². The molecule has 128 valence electrons. The molecule has 1 unspecified atom stereocenters. The molecule has 0 aliphatic heterocycles. The molecular weight excluding hydrogens is 328 g/mol. The number of carbonyl (C=O) groups is 1.